The summed E-state index contributed by atoms with van der Waals surface area (Å²) >= 11 is 5.59. The number of benzene rings is 1. The van der Waals surface area contributed by atoms with E-state index in [4.69, 9.17) is 4.74 Å². The summed E-state index contributed by atoms with van der Waals surface area (Å²) in [5.74, 6) is 1.06. The van der Waals surface area contributed by atoms with E-state index >= 15 is 0 Å². The first-order valence-electron chi connectivity index (χ1n) is 7.48. The van der Waals surface area contributed by atoms with Gasteiger partial charge in [-0.1, -0.05) is 13.0 Å². The molecule has 112 valence electrons. The fourth-order valence-electron chi connectivity index (χ4n) is 2.34. The van der Waals surface area contributed by atoms with Gasteiger partial charge < -0.3 is 10.1 Å². The second-order valence-corrected chi connectivity index (χ2v) is 7.23. The maximum Gasteiger partial charge on any atom is 0.0669 e. The van der Waals surface area contributed by atoms with Crippen LogP contribution in [0.1, 0.15) is 44.7 Å². The predicted molar refractivity (Wildman–Crippen MR) is 90.5 cm³/mol. The molecule has 0 bridgehead atoms. The Kier molecular flexibility index (Phi) is 6.88. The van der Waals surface area contributed by atoms with Crippen LogP contribution in [-0.4, -0.2) is 25.0 Å². The molecule has 1 heterocycles. The van der Waals surface area contributed by atoms with Crippen LogP contribution in [0.25, 0.3) is 0 Å². The van der Waals surface area contributed by atoms with Crippen LogP contribution in [-0.2, 0) is 4.74 Å². The molecule has 1 saturated heterocycles. The van der Waals surface area contributed by atoms with Crippen molar-refractivity contribution < 1.29 is 4.74 Å². The summed E-state index contributed by atoms with van der Waals surface area (Å²) in [4.78, 5) is 1.31. The van der Waals surface area contributed by atoms with E-state index in [1.807, 2.05) is 11.8 Å². The van der Waals surface area contributed by atoms with E-state index in [0.717, 1.165) is 18.9 Å². The number of nitrogens with one attached hydrogen (secondary N) is 1. The van der Waals surface area contributed by atoms with E-state index in [1.54, 1.807) is 0 Å². The van der Waals surface area contributed by atoms with Crippen LogP contribution in [0.5, 0.6) is 0 Å². The second kappa shape index (κ2) is 8.42. The summed E-state index contributed by atoms with van der Waals surface area (Å²) in [6.45, 7) is 6.41. The van der Waals surface area contributed by atoms with E-state index in [9.17, 15) is 0 Å². The molecule has 2 unspecified atom stereocenters. The molecule has 0 radical (unpaired) electrons. The van der Waals surface area contributed by atoms with Crippen LogP contribution in [0.4, 0.5) is 0 Å². The van der Waals surface area contributed by atoms with Crippen molar-refractivity contribution >= 4 is 27.7 Å². The Hall–Kier alpha value is -0.0300. The Morgan fingerprint density at radius 3 is 3.00 bits per heavy atom. The number of thioether (sulfide) groups is 1. The van der Waals surface area contributed by atoms with E-state index in [-0.39, 0.29) is 0 Å². The lowest BCUT2D eigenvalue weighted by atomic mass is 10.1. The van der Waals surface area contributed by atoms with Gasteiger partial charge in [-0.25, -0.2) is 0 Å². The zero-order chi connectivity index (χ0) is 14.4. The molecule has 0 saturated carbocycles. The molecule has 2 nitrogen and oxygen atoms in total. The van der Waals surface area contributed by atoms with E-state index in [1.165, 1.54) is 34.2 Å². The Morgan fingerprint density at radius 1 is 1.50 bits per heavy atom. The van der Waals surface area contributed by atoms with Crippen LogP contribution in [0.3, 0.4) is 0 Å². The van der Waals surface area contributed by atoms with Crippen molar-refractivity contribution in [3.8, 4) is 0 Å². The van der Waals surface area contributed by atoms with Crippen molar-refractivity contribution in [2.45, 2.75) is 50.2 Å². The first-order valence-corrected chi connectivity index (χ1v) is 9.25. The van der Waals surface area contributed by atoms with Crippen LogP contribution in [0, 0.1) is 0 Å². The van der Waals surface area contributed by atoms with Gasteiger partial charge in [-0.05, 0) is 66.4 Å². The third-order valence-electron chi connectivity index (χ3n) is 3.61. The van der Waals surface area contributed by atoms with E-state index in [2.05, 4.69) is 53.3 Å². The summed E-state index contributed by atoms with van der Waals surface area (Å²) in [6.07, 6.45) is 4.03. The van der Waals surface area contributed by atoms with Gasteiger partial charge >= 0.3 is 0 Å². The fraction of sp³-hybridized carbons (Fsp3) is 0.625. The standard InChI is InChI=1S/C16H24BrNOS/c1-3-8-18-12(2)13-6-7-16(15(17)10-13)20-11-14-5-4-9-19-14/h6-7,10,12,14,18H,3-5,8-9,11H2,1-2H3. The lowest BCUT2D eigenvalue weighted by Crippen LogP contribution is -2.19. The van der Waals surface area contributed by atoms with Crippen LogP contribution in [0.2, 0.25) is 0 Å². The highest BCUT2D eigenvalue weighted by atomic mass is 79.9. The number of halogens is 1. The highest BCUT2D eigenvalue weighted by molar-refractivity contribution is 9.10. The lowest BCUT2D eigenvalue weighted by Gasteiger charge is -2.16. The van der Waals surface area contributed by atoms with E-state index in [0.29, 0.717) is 12.1 Å². The second-order valence-electron chi connectivity index (χ2n) is 5.31. The molecule has 0 spiro atoms. The van der Waals surface area contributed by atoms with Gasteiger partial charge in [0.1, 0.15) is 0 Å². The fourth-order valence-corrected chi connectivity index (χ4v) is 4.07. The Bertz CT molecular complexity index is 421. The molecular formula is C16H24BrNOS. The minimum atomic E-state index is 0.406. The normalized spacial score (nSPS) is 20.2. The van der Waals surface area contributed by atoms with Crippen molar-refractivity contribution in [1.82, 2.24) is 5.32 Å². The SMILES string of the molecule is CCCNC(C)c1ccc(SCC2CCCO2)c(Br)c1. The van der Waals surface area contributed by atoms with Crippen molar-refractivity contribution in [1.29, 1.82) is 0 Å². The average Bonchev–Trinajstić information content (AvgIpc) is 2.96. The number of ether oxygens (including phenoxy) is 1. The van der Waals surface area contributed by atoms with Gasteiger partial charge in [0, 0.05) is 27.8 Å². The molecule has 2 rings (SSSR count). The summed E-state index contributed by atoms with van der Waals surface area (Å²) in [6, 6.07) is 7.10. The van der Waals surface area contributed by atoms with Gasteiger partial charge in [0.2, 0.25) is 0 Å². The van der Waals surface area contributed by atoms with Gasteiger partial charge in [0.25, 0.3) is 0 Å². The minimum absolute atomic E-state index is 0.406. The third-order valence-corrected chi connectivity index (χ3v) is 5.73. The molecule has 1 aromatic carbocycles. The van der Waals surface area contributed by atoms with Crippen molar-refractivity contribution in [2.24, 2.45) is 0 Å². The predicted octanol–water partition coefficient (Wildman–Crippen LogP) is 4.78. The van der Waals surface area contributed by atoms with Crippen molar-refractivity contribution in [3.63, 3.8) is 0 Å². The highest BCUT2D eigenvalue weighted by Gasteiger charge is 2.16. The van der Waals surface area contributed by atoms with Gasteiger partial charge in [-0.3, -0.25) is 0 Å². The smallest absolute Gasteiger partial charge is 0.0669 e. The van der Waals surface area contributed by atoms with Crippen molar-refractivity contribution in [2.75, 3.05) is 18.9 Å². The van der Waals surface area contributed by atoms with Crippen molar-refractivity contribution in [3.05, 3.63) is 28.2 Å². The molecule has 4 heteroatoms. The Labute approximate surface area is 135 Å². The molecule has 20 heavy (non-hydrogen) atoms. The van der Waals surface area contributed by atoms with Gasteiger partial charge in [-0.2, -0.15) is 0 Å². The van der Waals surface area contributed by atoms with Crippen LogP contribution >= 0.6 is 27.7 Å². The molecule has 1 aliphatic heterocycles. The number of hydrogen-bond acceptors (Lipinski definition) is 3. The summed E-state index contributed by atoms with van der Waals surface area (Å²) < 4.78 is 6.87. The van der Waals surface area contributed by atoms with E-state index < -0.39 is 0 Å². The molecule has 1 N–H and O–H groups in total. The maximum absolute atomic E-state index is 5.67. The summed E-state index contributed by atoms with van der Waals surface area (Å²) in [5.41, 5.74) is 1.34. The topological polar surface area (TPSA) is 21.3 Å². The largest absolute Gasteiger partial charge is 0.377 e. The lowest BCUT2D eigenvalue weighted by molar-refractivity contribution is 0.129. The van der Waals surface area contributed by atoms with Crippen LogP contribution < -0.4 is 5.32 Å². The van der Waals surface area contributed by atoms with Gasteiger partial charge in [-0.15, -0.1) is 11.8 Å². The number of hydrogen-bond donors (Lipinski definition) is 1. The molecule has 0 amide bonds. The number of rotatable bonds is 7. The molecular weight excluding hydrogens is 334 g/mol. The summed E-state index contributed by atoms with van der Waals surface area (Å²) in [7, 11) is 0. The third kappa shape index (κ3) is 4.76. The first-order chi connectivity index (χ1) is 9.70. The average molecular weight is 358 g/mol. The summed E-state index contributed by atoms with van der Waals surface area (Å²) in [5, 5.41) is 3.52. The maximum atomic E-state index is 5.67. The van der Waals surface area contributed by atoms with Crippen LogP contribution in [0.15, 0.2) is 27.6 Å². The Morgan fingerprint density at radius 2 is 2.35 bits per heavy atom. The molecule has 1 aliphatic rings. The Balaban J connectivity index is 1.91. The van der Waals surface area contributed by atoms with Gasteiger partial charge in [0.05, 0.1) is 6.10 Å². The molecule has 0 aliphatic carbocycles. The molecule has 1 fully saturated rings. The molecule has 1 aromatic rings. The zero-order valence-corrected chi connectivity index (χ0v) is 14.7. The molecule has 0 aromatic heterocycles. The molecule has 2 atom stereocenters. The highest BCUT2D eigenvalue weighted by Crippen LogP contribution is 2.32. The monoisotopic (exact) mass is 357 g/mol. The first kappa shape index (κ1) is 16.3. The zero-order valence-electron chi connectivity index (χ0n) is 12.3. The quantitative estimate of drug-likeness (QED) is 0.709. The minimum Gasteiger partial charge on any atom is -0.377 e. The van der Waals surface area contributed by atoms with Gasteiger partial charge in [0.15, 0.2) is 0 Å².